The second kappa shape index (κ2) is 6.65. The summed E-state index contributed by atoms with van der Waals surface area (Å²) in [5.74, 6) is -0.268. The van der Waals surface area contributed by atoms with Gasteiger partial charge in [0, 0.05) is 6.08 Å². The number of hydrogen-bond donors (Lipinski definition) is 0. The van der Waals surface area contributed by atoms with Gasteiger partial charge in [0.25, 0.3) is 0 Å². The molecule has 0 saturated carbocycles. The summed E-state index contributed by atoms with van der Waals surface area (Å²) in [6, 6.07) is 0. The fourth-order valence-corrected chi connectivity index (χ4v) is 0.864. The summed E-state index contributed by atoms with van der Waals surface area (Å²) in [6.07, 6.45) is 6.11. The molecule has 0 heterocycles. The Bertz CT molecular complexity index is 180. The van der Waals surface area contributed by atoms with E-state index in [0.29, 0.717) is 0 Å². The van der Waals surface area contributed by atoms with Gasteiger partial charge in [-0.2, -0.15) is 0 Å². The van der Waals surface area contributed by atoms with Gasteiger partial charge in [0.15, 0.2) is 0 Å². The molecule has 0 N–H and O–H groups in total. The molecule has 12 heavy (non-hydrogen) atoms. The minimum Gasteiger partial charge on any atom is -0.466 e. The summed E-state index contributed by atoms with van der Waals surface area (Å²) < 4.78 is 4.52. The summed E-state index contributed by atoms with van der Waals surface area (Å²) in [4.78, 5) is 10.8. The molecule has 0 rings (SSSR count). The van der Waals surface area contributed by atoms with Crippen LogP contribution >= 0.6 is 0 Å². The Labute approximate surface area is 73.9 Å². The lowest BCUT2D eigenvalue weighted by molar-refractivity contribution is -0.134. The number of esters is 1. The molecule has 0 aromatic heterocycles. The summed E-state index contributed by atoms with van der Waals surface area (Å²) in [6.45, 7) is 5.65. The molecule has 2 nitrogen and oxygen atoms in total. The van der Waals surface area contributed by atoms with E-state index in [1.807, 2.05) is 13.0 Å². The molecule has 0 spiro atoms. The predicted molar refractivity (Wildman–Crippen MR) is 49.8 cm³/mol. The molecular formula is C10H16O2. The number of hydrogen-bond acceptors (Lipinski definition) is 2. The fourth-order valence-electron chi connectivity index (χ4n) is 0.864. The van der Waals surface area contributed by atoms with Gasteiger partial charge >= 0.3 is 5.97 Å². The Morgan fingerprint density at radius 1 is 1.58 bits per heavy atom. The smallest absolute Gasteiger partial charge is 0.330 e. The van der Waals surface area contributed by atoms with Crippen LogP contribution in [0.3, 0.4) is 0 Å². The lowest BCUT2D eigenvalue weighted by atomic mass is 10.1. The van der Waals surface area contributed by atoms with Crippen LogP contribution in [-0.2, 0) is 9.53 Å². The van der Waals surface area contributed by atoms with Crippen molar-refractivity contribution < 1.29 is 9.53 Å². The molecule has 0 aliphatic rings. The average Bonchev–Trinajstić information content (AvgIpc) is 2.11. The highest BCUT2D eigenvalue weighted by Crippen LogP contribution is 2.09. The van der Waals surface area contributed by atoms with E-state index < -0.39 is 0 Å². The quantitative estimate of drug-likeness (QED) is 0.358. The van der Waals surface area contributed by atoms with Gasteiger partial charge in [0.2, 0.25) is 0 Å². The van der Waals surface area contributed by atoms with Crippen molar-refractivity contribution in [2.75, 3.05) is 7.11 Å². The van der Waals surface area contributed by atoms with Crippen molar-refractivity contribution >= 4 is 5.97 Å². The van der Waals surface area contributed by atoms with E-state index in [1.165, 1.54) is 7.11 Å². The maximum Gasteiger partial charge on any atom is 0.330 e. The van der Waals surface area contributed by atoms with Crippen molar-refractivity contribution in [3.8, 4) is 0 Å². The summed E-state index contributed by atoms with van der Waals surface area (Å²) in [7, 11) is 1.39. The molecule has 0 bridgehead atoms. The maximum absolute atomic E-state index is 10.8. The molecule has 0 aromatic carbocycles. The number of allylic oxidation sites excluding steroid dienone is 2. The maximum atomic E-state index is 10.8. The molecule has 0 saturated heterocycles. The van der Waals surface area contributed by atoms with Gasteiger partial charge in [0.05, 0.1) is 7.11 Å². The molecule has 0 fully saturated rings. The molecule has 68 valence electrons. The topological polar surface area (TPSA) is 26.3 Å². The summed E-state index contributed by atoms with van der Waals surface area (Å²) in [5.41, 5.74) is 1.11. The monoisotopic (exact) mass is 168 g/mol. The molecule has 2 heteroatoms. The van der Waals surface area contributed by atoms with Crippen molar-refractivity contribution in [3.63, 3.8) is 0 Å². The predicted octanol–water partition coefficient (Wildman–Crippen LogP) is 2.46. The minimum atomic E-state index is -0.268. The molecule has 0 atom stereocenters. The van der Waals surface area contributed by atoms with Gasteiger partial charge in [-0.05, 0) is 19.3 Å². The van der Waals surface area contributed by atoms with Crippen LogP contribution < -0.4 is 0 Å². The van der Waals surface area contributed by atoms with Crippen molar-refractivity contribution in [1.82, 2.24) is 0 Å². The third kappa shape index (κ3) is 4.72. The van der Waals surface area contributed by atoms with E-state index in [9.17, 15) is 4.79 Å². The lowest BCUT2D eigenvalue weighted by Crippen LogP contribution is -1.96. The van der Waals surface area contributed by atoms with Crippen LogP contribution in [0.4, 0.5) is 0 Å². The molecule has 0 aromatic rings. The first-order valence-electron chi connectivity index (χ1n) is 4.12. The van der Waals surface area contributed by atoms with Crippen molar-refractivity contribution in [1.29, 1.82) is 0 Å². The van der Waals surface area contributed by atoms with Gasteiger partial charge < -0.3 is 4.74 Å². The second-order valence-electron chi connectivity index (χ2n) is 2.51. The molecule has 0 unspecified atom stereocenters. The lowest BCUT2D eigenvalue weighted by Gasteiger charge is -2.00. The Morgan fingerprint density at radius 2 is 2.25 bits per heavy atom. The largest absolute Gasteiger partial charge is 0.466 e. The van der Waals surface area contributed by atoms with Gasteiger partial charge in [-0.1, -0.05) is 18.6 Å². The third-order valence-electron chi connectivity index (χ3n) is 1.65. The van der Waals surface area contributed by atoms with Crippen molar-refractivity contribution in [2.24, 2.45) is 0 Å². The van der Waals surface area contributed by atoms with Gasteiger partial charge in [0.1, 0.15) is 0 Å². The van der Waals surface area contributed by atoms with Gasteiger partial charge in [-0.3, -0.25) is 0 Å². The van der Waals surface area contributed by atoms with Crippen LogP contribution in [0.25, 0.3) is 0 Å². The molecular weight excluding hydrogens is 152 g/mol. The van der Waals surface area contributed by atoms with E-state index >= 15 is 0 Å². The highest BCUT2D eigenvalue weighted by molar-refractivity contribution is 5.82. The third-order valence-corrected chi connectivity index (χ3v) is 1.65. The number of methoxy groups -OCH3 is 1. The number of ether oxygens (including phenoxy) is 1. The standard InChI is InChI=1S/C10H16O2/c1-4-6-7-9(5-2)8-10(11)12-3/h4,8H,1,5-7H2,2-3H3. The van der Waals surface area contributed by atoms with Crippen LogP contribution in [-0.4, -0.2) is 13.1 Å². The SMILES string of the molecule is C=CCCC(=CC(=O)OC)CC. The zero-order valence-electron chi connectivity index (χ0n) is 7.80. The fraction of sp³-hybridized carbons (Fsp3) is 0.500. The van der Waals surface area contributed by atoms with Crippen molar-refractivity contribution in [3.05, 3.63) is 24.3 Å². The summed E-state index contributed by atoms with van der Waals surface area (Å²) >= 11 is 0. The highest BCUT2D eigenvalue weighted by Gasteiger charge is 1.98. The first-order chi connectivity index (χ1) is 5.74. The molecule has 0 aliphatic heterocycles. The second-order valence-corrected chi connectivity index (χ2v) is 2.51. The van der Waals surface area contributed by atoms with Gasteiger partial charge in [-0.25, -0.2) is 4.79 Å². The number of carbonyl (C=O) groups is 1. The Balaban J connectivity index is 4.02. The Morgan fingerprint density at radius 3 is 2.67 bits per heavy atom. The van der Waals surface area contributed by atoms with Crippen LogP contribution in [0.15, 0.2) is 24.3 Å². The van der Waals surface area contributed by atoms with E-state index in [0.717, 1.165) is 24.8 Å². The molecule has 0 radical (unpaired) electrons. The zero-order chi connectivity index (χ0) is 9.40. The summed E-state index contributed by atoms with van der Waals surface area (Å²) in [5, 5.41) is 0. The average molecular weight is 168 g/mol. The number of carbonyl (C=O) groups excluding carboxylic acids is 1. The first-order valence-corrected chi connectivity index (χ1v) is 4.12. The van der Waals surface area contributed by atoms with E-state index in [-0.39, 0.29) is 5.97 Å². The van der Waals surface area contributed by atoms with Crippen molar-refractivity contribution in [2.45, 2.75) is 26.2 Å². The van der Waals surface area contributed by atoms with E-state index in [4.69, 9.17) is 0 Å². The van der Waals surface area contributed by atoms with Crippen LogP contribution in [0.2, 0.25) is 0 Å². The van der Waals surface area contributed by atoms with Crippen LogP contribution in [0.5, 0.6) is 0 Å². The van der Waals surface area contributed by atoms with Crippen LogP contribution in [0.1, 0.15) is 26.2 Å². The zero-order valence-corrected chi connectivity index (χ0v) is 7.80. The normalized spacial score (nSPS) is 11.0. The Hall–Kier alpha value is -1.05. The molecule has 0 aliphatic carbocycles. The Kier molecular flexibility index (Phi) is 6.07. The number of rotatable bonds is 5. The molecule has 0 amide bonds. The van der Waals surface area contributed by atoms with Crippen LogP contribution in [0, 0.1) is 0 Å². The van der Waals surface area contributed by atoms with Gasteiger partial charge in [-0.15, -0.1) is 6.58 Å². The first kappa shape index (κ1) is 11.0. The van der Waals surface area contributed by atoms with E-state index in [1.54, 1.807) is 6.08 Å². The minimum absolute atomic E-state index is 0.268. The highest BCUT2D eigenvalue weighted by atomic mass is 16.5. The van der Waals surface area contributed by atoms with E-state index in [2.05, 4.69) is 11.3 Å².